The van der Waals surface area contributed by atoms with Crippen molar-refractivity contribution >= 4 is 33.3 Å². The molecule has 1 amide bonds. The molecule has 3 aromatic rings. The monoisotopic (exact) mass is 471 g/mol. The van der Waals surface area contributed by atoms with Crippen LogP contribution in [0.5, 0.6) is 5.75 Å². The van der Waals surface area contributed by atoms with E-state index in [1.165, 1.54) is 26.2 Å². The van der Waals surface area contributed by atoms with E-state index in [2.05, 4.69) is 10.3 Å². The summed E-state index contributed by atoms with van der Waals surface area (Å²) in [6.07, 6.45) is 3.07. The zero-order valence-corrected chi connectivity index (χ0v) is 19.7. The molecular formula is C23H25N3O4S2. The van der Waals surface area contributed by atoms with Gasteiger partial charge < -0.3 is 10.1 Å². The highest BCUT2D eigenvalue weighted by atomic mass is 32.2. The van der Waals surface area contributed by atoms with Crippen LogP contribution in [0.1, 0.15) is 21.8 Å². The van der Waals surface area contributed by atoms with E-state index in [-0.39, 0.29) is 17.3 Å². The number of nitrogens with one attached hydrogen (secondary N) is 1. The maximum Gasteiger partial charge on any atom is 0.244 e. The van der Waals surface area contributed by atoms with E-state index < -0.39 is 10.0 Å². The van der Waals surface area contributed by atoms with Crippen LogP contribution in [-0.4, -0.2) is 37.7 Å². The van der Waals surface area contributed by atoms with Gasteiger partial charge in [-0.15, -0.1) is 11.3 Å². The van der Waals surface area contributed by atoms with Crippen molar-refractivity contribution in [1.82, 2.24) is 14.6 Å². The summed E-state index contributed by atoms with van der Waals surface area (Å²) < 4.78 is 32.0. The van der Waals surface area contributed by atoms with Crippen LogP contribution in [0.25, 0.3) is 6.08 Å². The number of ether oxygens (including phenoxy) is 1. The molecule has 168 valence electrons. The summed E-state index contributed by atoms with van der Waals surface area (Å²) in [5.74, 6) is 0.302. The van der Waals surface area contributed by atoms with Crippen molar-refractivity contribution in [3.63, 3.8) is 0 Å². The van der Waals surface area contributed by atoms with Gasteiger partial charge in [0, 0.05) is 37.7 Å². The van der Waals surface area contributed by atoms with E-state index in [9.17, 15) is 13.2 Å². The first-order valence-electron chi connectivity index (χ1n) is 9.86. The van der Waals surface area contributed by atoms with E-state index in [4.69, 9.17) is 4.74 Å². The third-order valence-corrected chi connectivity index (χ3v) is 7.30. The summed E-state index contributed by atoms with van der Waals surface area (Å²) in [4.78, 5) is 16.9. The average Bonchev–Trinajstić information content (AvgIpc) is 3.20. The largest absolute Gasteiger partial charge is 0.487 e. The number of carbonyl (C=O) groups is 1. The number of hydrogen-bond acceptors (Lipinski definition) is 6. The number of para-hydroxylation sites is 1. The Kier molecular flexibility index (Phi) is 7.79. The number of benzene rings is 2. The van der Waals surface area contributed by atoms with Gasteiger partial charge in [-0.1, -0.05) is 36.4 Å². The fourth-order valence-electron chi connectivity index (χ4n) is 2.88. The lowest BCUT2D eigenvalue weighted by atomic mass is 10.2. The maximum atomic E-state index is 12.5. The molecule has 0 spiro atoms. The molecule has 1 aromatic heterocycles. The van der Waals surface area contributed by atoms with Crippen molar-refractivity contribution in [3.8, 4) is 5.75 Å². The summed E-state index contributed by atoms with van der Waals surface area (Å²) in [6.45, 7) is 2.38. The lowest BCUT2D eigenvalue weighted by Crippen LogP contribution is -2.26. The maximum absolute atomic E-state index is 12.5. The summed E-state index contributed by atoms with van der Waals surface area (Å²) in [7, 11) is -0.651. The number of thiazole rings is 1. The third-order valence-electron chi connectivity index (χ3n) is 4.56. The molecule has 0 saturated heterocycles. The average molecular weight is 472 g/mol. The second-order valence-electron chi connectivity index (χ2n) is 7.13. The minimum atomic E-state index is -3.60. The number of sulfonamides is 1. The quantitative estimate of drug-likeness (QED) is 0.482. The Balaban J connectivity index is 1.65. The van der Waals surface area contributed by atoms with Crippen LogP contribution in [0, 0.1) is 6.92 Å². The molecule has 2 aromatic carbocycles. The highest BCUT2D eigenvalue weighted by Crippen LogP contribution is 2.21. The lowest BCUT2D eigenvalue weighted by Gasteiger charge is -2.15. The number of rotatable bonds is 9. The van der Waals surface area contributed by atoms with Gasteiger partial charge in [0.05, 0.1) is 15.6 Å². The van der Waals surface area contributed by atoms with E-state index >= 15 is 0 Å². The van der Waals surface area contributed by atoms with Gasteiger partial charge in [-0.3, -0.25) is 4.79 Å². The molecule has 0 aliphatic heterocycles. The Morgan fingerprint density at radius 1 is 1.16 bits per heavy atom. The van der Waals surface area contributed by atoms with Crippen LogP contribution in [0.15, 0.2) is 64.9 Å². The molecule has 0 aliphatic carbocycles. The minimum absolute atomic E-state index is 0.0910. The van der Waals surface area contributed by atoms with Crippen LogP contribution < -0.4 is 10.1 Å². The normalized spacial score (nSPS) is 11.8. The highest BCUT2D eigenvalue weighted by Gasteiger charge is 2.20. The van der Waals surface area contributed by atoms with Crippen molar-refractivity contribution in [1.29, 1.82) is 0 Å². The molecular weight excluding hydrogens is 446 g/mol. The Hall–Kier alpha value is -3.01. The molecule has 32 heavy (non-hydrogen) atoms. The number of amides is 1. The second-order valence-corrected chi connectivity index (χ2v) is 10.3. The first kappa shape index (κ1) is 23.6. The Bertz CT molecular complexity index is 1220. The SMILES string of the molecule is Cc1nc(COc2ccccc2/C=C/C(=O)NCc2ccccc2S(=O)(=O)N(C)C)cs1. The summed E-state index contributed by atoms with van der Waals surface area (Å²) in [5, 5.41) is 5.68. The van der Waals surface area contributed by atoms with Gasteiger partial charge in [0.15, 0.2) is 0 Å². The van der Waals surface area contributed by atoms with E-state index in [0.29, 0.717) is 17.9 Å². The van der Waals surface area contributed by atoms with Crippen molar-refractivity contribution in [2.24, 2.45) is 0 Å². The highest BCUT2D eigenvalue weighted by molar-refractivity contribution is 7.89. The van der Waals surface area contributed by atoms with Crippen LogP contribution in [-0.2, 0) is 28.0 Å². The van der Waals surface area contributed by atoms with Crippen molar-refractivity contribution in [2.45, 2.75) is 25.0 Å². The molecule has 3 rings (SSSR count). The Labute approximate surface area is 192 Å². The van der Waals surface area contributed by atoms with Gasteiger partial charge in [0.25, 0.3) is 0 Å². The number of aromatic nitrogens is 1. The zero-order valence-electron chi connectivity index (χ0n) is 18.1. The number of aryl methyl sites for hydroxylation is 1. The molecule has 0 radical (unpaired) electrons. The lowest BCUT2D eigenvalue weighted by molar-refractivity contribution is -0.116. The first-order valence-corrected chi connectivity index (χ1v) is 12.2. The van der Waals surface area contributed by atoms with Gasteiger partial charge in [-0.2, -0.15) is 0 Å². The van der Waals surface area contributed by atoms with Crippen LogP contribution in [0.4, 0.5) is 0 Å². The van der Waals surface area contributed by atoms with E-state index in [1.807, 2.05) is 36.6 Å². The fourth-order valence-corrected chi connectivity index (χ4v) is 4.59. The van der Waals surface area contributed by atoms with Crippen LogP contribution in [0.2, 0.25) is 0 Å². The second kappa shape index (κ2) is 10.5. The minimum Gasteiger partial charge on any atom is -0.487 e. The van der Waals surface area contributed by atoms with Gasteiger partial charge >= 0.3 is 0 Å². The van der Waals surface area contributed by atoms with Crippen molar-refractivity contribution in [3.05, 3.63) is 81.8 Å². The Morgan fingerprint density at radius 2 is 1.88 bits per heavy atom. The summed E-state index contributed by atoms with van der Waals surface area (Å²) in [5.41, 5.74) is 2.13. The van der Waals surface area contributed by atoms with E-state index in [1.54, 1.807) is 35.6 Å². The van der Waals surface area contributed by atoms with Crippen molar-refractivity contribution in [2.75, 3.05) is 14.1 Å². The van der Waals surface area contributed by atoms with Crippen LogP contribution >= 0.6 is 11.3 Å². The fraction of sp³-hybridized carbons (Fsp3) is 0.217. The zero-order chi connectivity index (χ0) is 23.1. The van der Waals surface area contributed by atoms with Crippen molar-refractivity contribution < 1.29 is 17.9 Å². The molecule has 0 fully saturated rings. The van der Waals surface area contributed by atoms with E-state index in [0.717, 1.165) is 20.6 Å². The molecule has 0 atom stereocenters. The van der Waals surface area contributed by atoms with Gasteiger partial charge in [-0.25, -0.2) is 17.7 Å². The smallest absolute Gasteiger partial charge is 0.244 e. The molecule has 7 nitrogen and oxygen atoms in total. The van der Waals surface area contributed by atoms with Crippen LogP contribution in [0.3, 0.4) is 0 Å². The topological polar surface area (TPSA) is 88.6 Å². The number of carbonyl (C=O) groups excluding carboxylic acids is 1. The molecule has 1 heterocycles. The standard InChI is InChI=1S/C23H25N3O4S2/c1-17-25-20(16-31-17)15-30-21-10-6-4-8-18(21)12-13-23(27)24-14-19-9-5-7-11-22(19)32(28,29)26(2)3/h4-13,16H,14-15H2,1-3H3,(H,24,27)/b13-12+. The molecule has 0 saturated carbocycles. The third kappa shape index (κ3) is 6.03. The summed E-state index contributed by atoms with van der Waals surface area (Å²) in [6, 6.07) is 14.0. The predicted molar refractivity (Wildman–Crippen MR) is 126 cm³/mol. The molecule has 1 N–H and O–H groups in total. The van der Waals surface area contributed by atoms with Gasteiger partial charge in [0.2, 0.25) is 15.9 Å². The van der Waals surface area contributed by atoms with Gasteiger partial charge in [0.1, 0.15) is 12.4 Å². The molecule has 0 aliphatic rings. The first-order chi connectivity index (χ1) is 15.3. The van der Waals surface area contributed by atoms with Gasteiger partial charge in [-0.05, 0) is 30.7 Å². The molecule has 9 heteroatoms. The number of hydrogen-bond donors (Lipinski definition) is 1. The Morgan fingerprint density at radius 3 is 2.59 bits per heavy atom. The predicted octanol–water partition coefficient (Wildman–Crippen LogP) is 3.61. The molecule has 0 bridgehead atoms. The number of nitrogens with zero attached hydrogens (tertiary/aromatic N) is 2. The summed E-state index contributed by atoms with van der Waals surface area (Å²) >= 11 is 1.57. The molecule has 0 unspecified atom stereocenters.